The number of aliphatic hydroxyl groups excluding tert-OH is 1. The van der Waals surface area contributed by atoms with Crippen LogP contribution in [0.4, 0.5) is 0 Å². The van der Waals surface area contributed by atoms with Gasteiger partial charge in [-0.2, -0.15) is 0 Å². The average molecular weight is 387 g/mol. The molecule has 2 unspecified atom stereocenters. The van der Waals surface area contributed by atoms with Gasteiger partial charge in [-0.3, -0.25) is 0 Å². The van der Waals surface area contributed by atoms with Gasteiger partial charge in [-0.1, -0.05) is 11.6 Å². The minimum absolute atomic E-state index is 0.0629. The Hall–Kier alpha value is -1.36. The molecule has 154 valence electrons. The summed E-state index contributed by atoms with van der Waals surface area (Å²) in [5, 5.41) is 11.0. The minimum atomic E-state index is -0.164. The first-order valence-electron chi connectivity index (χ1n) is 10.8. The zero-order chi connectivity index (χ0) is 19.6. The Labute approximate surface area is 168 Å². The Balaban J connectivity index is 1.52. The third kappa shape index (κ3) is 3.51. The summed E-state index contributed by atoms with van der Waals surface area (Å²) in [5.74, 6) is 1.50. The van der Waals surface area contributed by atoms with Crippen LogP contribution >= 0.6 is 0 Å². The van der Waals surface area contributed by atoms with E-state index in [0.717, 1.165) is 63.7 Å². The van der Waals surface area contributed by atoms with Crippen LogP contribution in [-0.4, -0.2) is 45.3 Å². The van der Waals surface area contributed by atoms with Crippen molar-refractivity contribution in [3.63, 3.8) is 0 Å². The number of fused-ring (bicyclic) bond motifs is 4. The second-order valence-electron chi connectivity index (χ2n) is 8.61. The number of aliphatic hydroxyl groups is 1. The van der Waals surface area contributed by atoms with Crippen LogP contribution in [0.2, 0.25) is 0 Å². The SMILES string of the molecule is COCCOCCCC12CCC3=C(CCc4cc(OC)ccc43)[C@@H]1CCC2O. The van der Waals surface area contributed by atoms with Crippen molar-refractivity contribution in [1.82, 2.24) is 0 Å². The second kappa shape index (κ2) is 8.56. The van der Waals surface area contributed by atoms with Crippen LogP contribution in [0.1, 0.15) is 56.1 Å². The van der Waals surface area contributed by atoms with Crippen LogP contribution in [0.5, 0.6) is 5.75 Å². The molecule has 0 amide bonds. The monoisotopic (exact) mass is 386 g/mol. The number of benzene rings is 1. The second-order valence-corrected chi connectivity index (χ2v) is 8.61. The fourth-order valence-electron chi connectivity index (χ4n) is 6.04. The van der Waals surface area contributed by atoms with Crippen LogP contribution in [0.25, 0.3) is 5.57 Å². The summed E-state index contributed by atoms with van der Waals surface area (Å²) in [6.07, 6.45) is 8.42. The molecule has 28 heavy (non-hydrogen) atoms. The van der Waals surface area contributed by atoms with Gasteiger partial charge in [0.1, 0.15) is 5.75 Å². The number of rotatable bonds is 8. The van der Waals surface area contributed by atoms with E-state index in [4.69, 9.17) is 14.2 Å². The lowest BCUT2D eigenvalue weighted by Gasteiger charge is -2.46. The maximum Gasteiger partial charge on any atom is 0.119 e. The number of hydrogen-bond acceptors (Lipinski definition) is 4. The number of methoxy groups -OCH3 is 2. The van der Waals surface area contributed by atoms with Gasteiger partial charge in [0.15, 0.2) is 0 Å². The predicted octanol–water partition coefficient (Wildman–Crippen LogP) is 4.39. The quantitative estimate of drug-likeness (QED) is 0.673. The molecule has 1 saturated carbocycles. The van der Waals surface area contributed by atoms with E-state index in [1.165, 1.54) is 11.1 Å². The van der Waals surface area contributed by atoms with E-state index in [2.05, 4.69) is 18.2 Å². The molecule has 0 aliphatic heterocycles. The number of hydrogen-bond donors (Lipinski definition) is 1. The summed E-state index contributed by atoms with van der Waals surface area (Å²) >= 11 is 0. The van der Waals surface area contributed by atoms with E-state index in [9.17, 15) is 5.11 Å². The van der Waals surface area contributed by atoms with Gasteiger partial charge >= 0.3 is 0 Å². The smallest absolute Gasteiger partial charge is 0.119 e. The van der Waals surface area contributed by atoms with Crippen LogP contribution < -0.4 is 4.74 Å². The Morgan fingerprint density at radius 3 is 2.79 bits per heavy atom. The fraction of sp³-hybridized carbons (Fsp3) is 0.667. The lowest BCUT2D eigenvalue weighted by Crippen LogP contribution is -2.40. The Morgan fingerprint density at radius 1 is 1.07 bits per heavy atom. The largest absolute Gasteiger partial charge is 0.497 e. The zero-order valence-corrected chi connectivity index (χ0v) is 17.3. The summed E-state index contributed by atoms with van der Waals surface area (Å²) in [4.78, 5) is 0. The van der Waals surface area contributed by atoms with Crippen LogP contribution in [0, 0.1) is 11.3 Å². The van der Waals surface area contributed by atoms with Gasteiger partial charge < -0.3 is 19.3 Å². The molecule has 3 aliphatic carbocycles. The third-order valence-corrected chi connectivity index (χ3v) is 7.40. The zero-order valence-electron chi connectivity index (χ0n) is 17.3. The Morgan fingerprint density at radius 2 is 1.96 bits per heavy atom. The predicted molar refractivity (Wildman–Crippen MR) is 111 cm³/mol. The van der Waals surface area contributed by atoms with Gasteiger partial charge in [0, 0.05) is 19.1 Å². The van der Waals surface area contributed by atoms with E-state index in [0.29, 0.717) is 19.1 Å². The van der Waals surface area contributed by atoms with Gasteiger partial charge in [0.25, 0.3) is 0 Å². The lowest BCUT2D eigenvalue weighted by atomic mass is 9.60. The molecule has 0 aromatic heterocycles. The molecule has 1 fully saturated rings. The molecule has 3 aliphatic rings. The molecule has 1 aromatic carbocycles. The van der Waals surface area contributed by atoms with Crippen molar-refractivity contribution in [2.75, 3.05) is 34.0 Å². The summed E-state index contributed by atoms with van der Waals surface area (Å²) in [6, 6.07) is 6.56. The van der Waals surface area contributed by atoms with Gasteiger partial charge in [-0.05, 0) is 86.1 Å². The molecule has 4 heteroatoms. The summed E-state index contributed by atoms with van der Waals surface area (Å²) in [6.45, 7) is 2.07. The van der Waals surface area contributed by atoms with E-state index in [1.54, 1.807) is 25.4 Å². The van der Waals surface area contributed by atoms with Crippen LogP contribution in [-0.2, 0) is 15.9 Å². The molecule has 0 bridgehead atoms. The highest BCUT2D eigenvalue weighted by molar-refractivity contribution is 5.75. The Bertz CT molecular complexity index is 725. The van der Waals surface area contributed by atoms with Gasteiger partial charge in [0.2, 0.25) is 0 Å². The molecule has 0 spiro atoms. The lowest BCUT2D eigenvalue weighted by molar-refractivity contribution is 0.00342. The van der Waals surface area contributed by atoms with Crippen molar-refractivity contribution in [1.29, 1.82) is 0 Å². The Kier molecular flexibility index (Phi) is 6.10. The minimum Gasteiger partial charge on any atom is -0.497 e. The van der Waals surface area contributed by atoms with Gasteiger partial charge in [-0.25, -0.2) is 0 Å². The highest BCUT2D eigenvalue weighted by atomic mass is 16.5. The highest BCUT2D eigenvalue weighted by Gasteiger charge is 2.52. The normalized spacial score (nSPS) is 28.7. The summed E-state index contributed by atoms with van der Waals surface area (Å²) in [5.41, 5.74) is 6.12. The fourth-order valence-corrected chi connectivity index (χ4v) is 6.04. The molecule has 1 N–H and O–H groups in total. The molecule has 0 radical (unpaired) electrons. The standard InChI is InChI=1S/C24H34O4/c1-26-14-15-28-13-3-11-24-12-10-20-19-7-5-18(27-2)16-17(19)4-6-21(20)22(24)8-9-23(24)25/h5,7,16,22-23,25H,3-4,6,8-15H2,1-2H3/t22-,23?,24?/m0/s1. The first kappa shape index (κ1) is 19.9. The topological polar surface area (TPSA) is 47.9 Å². The molecule has 4 rings (SSSR count). The number of ether oxygens (including phenoxy) is 3. The van der Waals surface area contributed by atoms with Crippen molar-refractivity contribution in [3.8, 4) is 5.75 Å². The number of aryl methyl sites for hydroxylation is 1. The molecule has 0 heterocycles. The van der Waals surface area contributed by atoms with Crippen LogP contribution in [0.15, 0.2) is 23.8 Å². The molecule has 1 aromatic rings. The van der Waals surface area contributed by atoms with Crippen LogP contribution in [0.3, 0.4) is 0 Å². The first-order valence-corrected chi connectivity index (χ1v) is 10.8. The third-order valence-electron chi connectivity index (χ3n) is 7.40. The molecular weight excluding hydrogens is 352 g/mol. The molecule has 4 nitrogen and oxygen atoms in total. The van der Waals surface area contributed by atoms with Crippen molar-refractivity contribution in [2.24, 2.45) is 11.3 Å². The van der Waals surface area contributed by atoms with Crippen molar-refractivity contribution in [2.45, 2.75) is 57.5 Å². The highest BCUT2D eigenvalue weighted by Crippen LogP contribution is 2.60. The number of allylic oxidation sites excluding steroid dienone is 2. The molecule has 3 atom stereocenters. The average Bonchev–Trinajstić information content (AvgIpc) is 3.06. The van der Waals surface area contributed by atoms with Gasteiger partial charge in [-0.15, -0.1) is 0 Å². The summed E-state index contributed by atoms with van der Waals surface area (Å²) < 4.78 is 16.2. The van der Waals surface area contributed by atoms with Crippen molar-refractivity contribution >= 4 is 5.57 Å². The first-order chi connectivity index (χ1) is 13.7. The van der Waals surface area contributed by atoms with E-state index in [1.807, 2.05) is 0 Å². The maximum atomic E-state index is 11.0. The van der Waals surface area contributed by atoms with Crippen molar-refractivity contribution < 1.29 is 19.3 Å². The van der Waals surface area contributed by atoms with E-state index in [-0.39, 0.29) is 11.5 Å². The van der Waals surface area contributed by atoms with E-state index >= 15 is 0 Å². The molecular formula is C24H34O4. The van der Waals surface area contributed by atoms with Gasteiger partial charge in [0.05, 0.1) is 26.4 Å². The van der Waals surface area contributed by atoms with Crippen molar-refractivity contribution in [3.05, 3.63) is 34.9 Å². The summed E-state index contributed by atoms with van der Waals surface area (Å²) in [7, 11) is 3.44. The maximum absolute atomic E-state index is 11.0. The van der Waals surface area contributed by atoms with E-state index < -0.39 is 0 Å². The molecule has 0 saturated heterocycles.